The van der Waals surface area contributed by atoms with Crippen LogP contribution in [0.25, 0.3) is 6.08 Å². The van der Waals surface area contributed by atoms with Gasteiger partial charge in [0.15, 0.2) is 11.5 Å². The Bertz CT molecular complexity index is 1010. The number of urea groups is 1. The molecule has 1 fully saturated rings. The standard InChI is InChI=1S/C23H24N2O5/c1-5-15(3)30-19-11-8-16(13-20(19)29-4)12-18-21(26)24-23(28)25(22(18)27)17-9-6-14(2)7-10-17/h6-13,15H,5H2,1-4H3,(H,24,26,28)/b18-12+/t15-/m0/s1. The molecule has 4 amide bonds. The SMILES string of the molecule is CC[C@H](C)Oc1ccc(/C=C2\C(=O)NC(=O)N(c3ccc(C)cc3)C2=O)cc1OC. The zero-order chi connectivity index (χ0) is 21.8. The van der Waals surface area contributed by atoms with Gasteiger partial charge in [-0.2, -0.15) is 0 Å². The minimum Gasteiger partial charge on any atom is -0.493 e. The Balaban J connectivity index is 1.95. The first-order chi connectivity index (χ1) is 14.3. The molecule has 1 N–H and O–H groups in total. The third-order valence-electron chi connectivity index (χ3n) is 4.80. The van der Waals surface area contributed by atoms with Crippen molar-refractivity contribution in [2.75, 3.05) is 12.0 Å². The zero-order valence-corrected chi connectivity index (χ0v) is 17.4. The number of carbonyl (C=O) groups is 3. The summed E-state index contributed by atoms with van der Waals surface area (Å²) in [6, 6.07) is 11.2. The number of anilines is 1. The third-order valence-corrected chi connectivity index (χ3v) is 4.80. The summed E-state index contributed by atoms with van der Waals surface area (Å²) < 4.78 is 11.2. The van der Waals surface area contributed by atoms with Gasteiger partial charge < -0.3 is 9.47 Å². The van der Waals surface area contributed by atoms with E-state index in [2.05, 4.69) is 5.32 Å². The van der Waals surface area contributed by atoms with Crippen molar-refractivity contribution in [3.05, 3.63) is 59.2 Å². The van der Waals surface area contributed by atoms with E-state index in [-0.39, 0.29) is 11.7 Å². The lowest BCUT2D eigenvalue weighted by atomic mass is 10.1. The van der Waals surface area contributed by atoms with E-state index in [1.807, 2.05) is 20.8 Å². The molecule has 2 aromatic carbocycles. The van der Waals surface area contributed by atoms with Crippen LogP contribution in [0.15, 0.2) is 48.0 Å². The molecule has 7 heteroatoms. The summed E-state index contributed by atoms with van der Waals surface area (Å²) in [6.45, 7) is 5.88. The zero-order valence-electron chi connectivity index (χ0n) is 17.4. The molecular formula is C23H24N2O5. The molecule has 156 valence electrons. The van der Waals surface area contributed by atoms with Gasteiger partial charge in [-0.3, -0.25) is 14.9 Å². The highest BCUT2D eigenvalue weighted by molar-refractivity contribution is 6.39. The molecule has 0 bridgehead atoms. The molecular weight excluding hydrogens is 384 g/mol. The number of hydrogen-bond acceptors (Lipinski definition) is 5. The predicted octanol–water partition coefficient (Wildman–Crippen LogP) is 3.85. The smallest absolute Gasteiger partial charge is 0.335 e. The number of ether oxygens (including phenoxy) is 2. The van der Waals surface area contributed by atoms with Crippen LogP contribution < -0.4 is 19.7 Å². The number of amides is 4. The largest absolute Gasteiger partial charge is 0.493 e. The van der Waals surface area contributed by atoms with Crippen molar-refractivity contribution in [3.63, 3.8) is 0 Å². The Morgan fingerprint density at radius 3 is 2.40 bits per heavy atom. The van der Waals surface area contributed by atoms with Gasteiger partial charge in [0.25, 0.3) is 11.8 Å². The molecule has 1 heterocycles. The Labute approximate surface area is 175 Å². The van der Waals surface area contributed by atoms with E-state index in [4.69, 9.17) is 9.47 Å². The number of imide groups is 2. The molecule has 3 rings (SSSR count). The monoisotopic (exact) mass is 408 g/mol. The molecule has 1 aliphatic rings. The summed E-state index contributed by atoms with van der Waals surface area (Å²) in [7, 11) is 1.52. The van der Waals surface area contributed by atoms with Gasteiger partial charge in [0, 0.05) is 0 Å². The highest BCUT2D eigenvalue weighted by Gasteiger charge is 2.36. The number of hydrogen-bond donors (Lipinski definition) is 1. The van der Waals surface area contributed by atoms with Crippen LogP contribution >= 0.6 is 0 Å². The van der Waals surface area contributed by atoms with Gasteiger partial charge >= 0.3 is 6.03 Å². The van der Waals surface area contributed by atoms with E-state index < -0.39 is 17.8 Å². The fourth-order valence-corrected chi connectivity index (χ4v) is 2.92. The Morgan fingerprint density at radius 1 is 1.07 bits per heavy atom. The molecule has 2 aromatic rings. The van der Waals surface area contributed by atoms with E-state index in [0.29, 0.717) is 22.7 Å². The van der Waals surface area contributed by atoms with Crippen LogP contribution in [0.3, 0.4) is 0 Å². The number of benzene rings is 2. The molecule has 30 heavy (non-hydrogen) atoms. The number of aryl methyl sites for hydroxylation is 1. The van der Waals surface area contributed by atoms with Crippen molar-refractivity contribution in [1.82, 2.24) is 5.32 Å². The van der Waals surface area contributed by atoms with Crippen molar-refractivity contribution in [1.29, 1.82) is 0 Å². The van der Waals surface area contributed by atoms with E-state index in [1.54, 1.807) is 42.5 Å². The highest BCUT2D eigenvalue weighted by Crippen LogP contribution is 2.31. The average Bonchev–Trinajstić information content (AvgIpc) is 2.73. The second kappa shape index (κ2) is 8.82. The number of carbonyl (C=O) groups excluding carboxylic acids is 3. The van der Waals surface area contributed by atoms with Crippen molar-refractivity contribution < 1.29 is 23.9 Å². The highest BCUT2D eigenvalue weighted by atomic mass is 16.5. The van der Waals surface area contributed by atoms with Gasteiger partial charge in [0.2, 0.25) is 0 Å². The maximum atomic E-state index is 13.0. The molecule has 1 atom stereocenters. The van der Waals surface area contributed by atoms with Crippen molar-refractivity contribution in [2.45, 2.75) is 33.3 Å². The number of rotatable bonds is 6. The quantitative estimate of drug-likeness (QED) is 0.580. The molecule has 1 aliphatic heterocycles. The van der Waals surface area contributed by atoms with Crippen LogP contribution in [-0.4, -0.2) is 31.1 Å². The topological polar surface area (TPSA) is 84.9 Å². The lowest BCUT2D eigenvalue weighted by Gasteiger charge is -2.26. The molecule has 1 saturated heterocycles. The summed E-state index contributed by atoms with van der Waals surface area (Å²) >= 11 is 0. The molecule has 0 spiro atoms. The normalized spacial score (nSPS) is 16.5. The van der Waals surface area contributed by atoms with Gasteiger partial charge in [0.05, 0.1) is 18.9 Å². The summed E-state index contributed by atoms with van der Waals surface area (Å²) in [6.07, 6.45) is 2.29. The van der Waals surface area contributed by atoms with Crippen LogP contribution in [0.4, 0.5) is 10.5 Å². The first-order valence-electron chi connectivity index (χ1n) is 9.66. The van der Waals surface area contributed by atoms with Crippen molar-refractivity contribution in [3.8, 4) is 11.5 Å². The van der Waals surface area contributed by atoms with E-state index in [1.165, 1.54) is 13.2 Å². The number of nitrogens with one attached hydrogen (secondary N) is 1. The summed E-state index contributed by atoms with van der Waals surface area (Å²) in [5, 5.41) is 2.22. The minimum absolute atomic E-state index is 0.0166. The molecule has 0 aromatic heterocycles. The average molecular weight is 408 g/mol. The van der Waals surface area contributed by atoms with Crippen molar-refractivity contribution >= 4 is 29.6 Å². The van der Waals surface area contributed by atoms with Crippen LogP contribution in [-0.2, 0) is 9.59 Å². The lowest BCUT2D eigenvalue weighted by molar-refractivity contribution is -0.122. The Hall–Kier alpha value is -3.61. The second-order valence-corrected chi connectivity index (χ2v) is 7.04. The first-order valence-corrected chi connectivity index (χ1v) is 9.66. The van der Waals surface area contributed by atoms with Gasteiger partial charge in [-0.25, -0.2) is 9.69 Å². The number of nitrogens with zero attached hydrogens (tertiary/aromatic N) is 1. The molecule has 0 radical (unpaired) electrons. The summed E-state index contributed by atoms with van der Waals surface area (Å²) in [5.41, 5.74) is 1.80. The summed E-state index contributed by atoms with van der Waals surface area (Å²) in [4.78, 5) is 38.5. The lowest BCUT2D eigenvalue weighted by Crippen LogP contribution is -2.54. The van der Waals surface area contributed by atoms with Gasteiger partial charge in [-0.15, -0.1) is 0 Å². The van der Waals surface area contributed by atoms with Crippen LogP contribution in [0.2, 0.25) is 0 Å². The predicted molar refractivity (Wildman–Crippen MR) is 114 cm³/mol. The maximum Gasteiger partial charge on any atom is 0.335 e. The van der Waals surface area contributed by atoms with Crippen molar-refractivity contribution in [2.24, 2.45) is 0 Å². The number of barbiturate groups is 1. The van der Waals surface area contributed by atoms with E-state index in [9.17, 15) is 14.4 Å². The second-order valence-electron chi connectivity index (χ2n) is 7.04. The summed E-state index contributed by atoms with van der Waals surface area (Å²) in [5.74, 6) is -0.372. The molecule has 0 unspecified atom stereocenters. The first kappa shape index (κ1) is 21.1. The fraction of sp³-hybridized carbons (Fsp3) is 0.261. The van der Waals surface area contributed by atoms with E-state index >= 15 is 0 Å². The van der Waals surface area contributed by atoms with Crippen LogP contribution in [0, 0.1) is 6.92 Å². The number of methoxy groups -OCH3 is 1. The molecule has 0 aliphatic carbocycles. The Kier molecular flexibility index (Phi) is 6.20. The van der Waals surface area contributed by atoms with E-state index in [0.717, 1.165) is 16.9 Å². The van der Waals surface area contributed by atoms with Crippen LogP contribution in [0.5, 0.6) is 11.5 Å². The molecule has 7 nitrogen and oxygen atoms in total. The van der Waals surface area contributed by atoms with Gasteiger partial charge in [-0.05, 0) is 56.2 Å². The van der Waals surface area contributed by atoms with Crippen LogP contribution in [0.1, 0.15) is 31.4 Å². The third kappa shape index (κ3) is 4.35. The minimum atomic E-state index is -0.777. The van der Waals surface area contributed by atoms with Gasteiger partial charge in [-0.1, -0.05) is 30.7 Å². The van der Waals surface area contributed by atoms with Gasteiger partial charge in [0.1, 0.15) is 5.57 Å². The molecule has 0 saturated carbocycles. The maximum absolute atomic E-state index is 13.0. The Morgan fingerprint density at radius 2 is 1.77 bits per heavy atom. The fourth-order valence-electron chi connectivity index (χ4n) is 2.92.